The van der Waals surface area contributed by atoms with Gasteiger partial charge in [0.05, 0.1) is 0 Å². The van der Waals surface area contributed by atoms with Gasteiger partial charge < -0.3 is 10.0 Å². The second-order valence-corrected chi connectivity index (χ2v) is 4.11. The first-order valence-electron chi connectivity index (χ1n) is 5.49. The van der Waals surface area contributed by atoms with Crippen LogP contribution >= 0.6 is 0 Å². The lowest BCUT2D eigenvalue weighted by molar-refractivity contribution is 0.119. The summed E-state index contributed by atoms with van der Waals surface area (Å²) < 4.78 is 0. The zero-order chi connectivity index (χ0) is 11.4. The van der Waals surface area contributed by atoms with Gasteiger partial charge >= 0.3 is 6.09 Å². The Balaban J connectivity index is 1.93. The predicted octanol–water partition coefficient (Wildman–Crippen LogP) is 1.41. The van der Waals surface area contributed by atoms with Crippen molar-refractivity contribution in [3.05, 3.63) is 24.3 Å². The maximum Gasteiger partial charge on any atom is 0.407 e. The molecule has 1 fully saturated rings. The van der Waals surface area contributed by atoms with Gasteiger partial charge in [0.1, 0.15) is 5.82 Å². The van der Waals surface area contributed by atoms with Crippen molar-refractivity contribution >= 4 is 6.09 Å². The van der Waals surface area contributed by atoms with Gasteiger partial charge in [-0.15, -0.1) is 0 Å². The average Bonchev–Trinajstić information content (AvgIpc) is 2.30. The molecule has 5 nitrogen and oxygen atoms in total. The van der Waals surface area contributed by atoms with Gasteiger partial charge in [0, 0.05) is 31.9 Å². The van der Waals surface area contributed by atoms with Gasteiger partial charge in [0.2, 0.25) is 0 Å². The van der Waals surface area contributed by atoms with Crippen LogP contribution in [-0.4, -0.2) is 39.2 Å². The maximum atomic E-state index is 10.8. The molecule has 1 aromatic rings. The van der Waals surface area contributed by atoms with E-state index < -0.39 is 6.09 Å². The van der Waals surface area contributed by atoms with Crippen LogP contribution in [0.25, 0.3) is 0 Å². The summed E-state index contributed by atoms with van der Waals surface area (Å²) in [6.07, 6.45) is 5.38. The summed E-state index contributed by atoms with van der Waals surface area (Å²) in [5.74, 6) is 1.16. The van der Waals surface area contributed by atoms with Crippen molar-refractivity contribution in [3.63, 3.8) is 0 Å². The molecule has 5 heteroatoms. The highest BCUT2D eigenvalue weighted by Gasteiger charge is 2.23. The Bertz CT molecular complexity index is 356. The third-order valence-corrected chi connectivity index (χ3v) is 2.88. The molecule has 1 saturated heterocycles. The minimum Gasteiger partial charge on any atom is -0.465 e. The highest BCUT2D eigenvalue weighted by Crippen LogP contribution is 2.19. The van der Waals surface area contributed by atoms with E-state index >= 15 is 0 Å². The number of carboxylic acid groups (broad SMARTS) is 1. The summed E-state index contributed by atoms with van der Waals surface area (Å²) >= 11 is 0. The smallest absolute Gasteiger partial charge is 0.407 e. The fourth-order valence-corrected chi connectivity index (χ4v) is 2.10. The molecule has 0 saturated carbocycles. The first kappa shape index (κ1) is 10.9. The number of aromatic nitrogens is 2. The molecule has 0 aromatic carbocycles. The van der Waals surface area contributed by atoms with Crippen molar-refractivity contribution in [2.24, 2.45) is 5.92 Å². The summed E-state index contributed by atoms with van der Waals surface area (Å²) in [5.41, 5.74) is 0. The van der Waals surface area contributed by atoms with Crippen molar-refractivity contribution in [2.45, 2.75) is 19.3 Å². The van der Waals surface area contributed by atoms with Crippen molar-refractivity contribution in [1.82, 2.24) is 14.9 Å². The summed E-state index contributed by atoms with van der Waals surface area (Å²) in [5, 5.41) is 8.92. The molecular formula is C11H15N3O2. The molecule has 1 amide bonds. The lowest BCUT2D eigenvalue weighted by atomic mass is 9.95. The number of hydrogen-bond donors (Lipinski definition) is 1. The highest BCUT2D eigenvalue weighted by molar-refractivity contribution is 5.65. The van der Waals surface area contributed by atoms with Crippen LogP contribution in [0.4, 0.5) is 4.79 Å². The molecule has 1 aliphatic rings. The van der Waals surface area contributed by atoms with E-state index in [1.54, 1.807) is 18.5 Å². The molecule has 2 rings (SSSR count). The minimum absolute atomic E-state index is 0.354. The number of nitrogens with zero attached hydrogens (tertiary/aromatic N) is 3. The van der Waals surface area contributed by atoms with Gasteiger partial charge in [-0.3, -0.25) is 0 Å². The Morgan fingerprint density at radius 3 is 2.94 bits per heavy atom. The Morgan fingerprint density at radius 1 is 1.50 bits per heavy atom. The fraction of sp³-hybridized carbons (Fsp3) is 0.545. The summed E-state index contributed by atoms with van der Waals surface area (Å²) in [4.78, 5) is 20.7. The second-order valence-electron chi connectivity index (χ2n) is 4.11. The van der Waals surface area contributed by atoms with E-state index in [1.165, 1.54) is 4.90 Å². The van der Waals surface area contributed by atoms with Crippen LogP contribution in [-0.2, 0) is 6.42 Å². The normalized spacial score (nSPS) is 20.8. The van der Waals surface area contributed by atoms with Crippen LogP contribution in [0.3, 0.4) is 0 Å². The van der Waals surface area contributed by atoms with Crippen LogP contribution < -0.4 is 0 Å². The van der Waals surface area contributed by atoms with E-state index in [2.05, 4.69) is 9.97 Å². The lowest BCUT2D eigenvalue weighted by Gasteiger charge is -2.30. The first-order chi connectivity index (χ1) is 7.75. The Hall–Kier alpha value is -1.65. The van der Waals surface area contributed by atoms with Crippen molar-refractivity contribution in [1.29, 1.82) is 0 Å². The van der Waals surface area contributed by atoms with E-state index in [4.69, 9.17) is 5.11 Å². The summed E-state index contributed by atoms with van der Waals surface area (Å²) in [6.45, 7) is 1.26. The first-order valence-corrected chi connectivity index (χ1v) is 5.49. The molecule has 1 N–H and O–H groups in total. The van der Waals surface area contributed by atoms with Gasteiger partial charge in [-0.2, -0.15) is 0 Å². The molecule has 2 heterocycles. The molecule has 0 aliphatic carbocycles. The predicted molar refractivity (Wildman–Crippen MR) is 58.1 cm³/mol. The van der Waals surface area contributed by atoms with Crippen LogP contribution in [0, 0.1) is 5.92 Å². The molecule has 0 bridgehead atoms. The third kappa shape index (κ3) is 2.68. The van der Waals surface area contributed by atoms with E-state index in [1.807, 2.05) is 0 Å². The zero-order valence-corrected chi connectivity index (χ0v) is 9.04. The zero-order valence-electron chi connectivity index (χ0n) is 9.04. The molecule has 86 valence electrons. The van der Waals surface area contributed by atoms with Gasteiger partial charge in [0.15, 0.2) is 0 Å². The summed E-state index contributed by atoms with van der Waals surface area (Å²) in [6, 6.07) is 1.79. The Morgan fingerprint density at radius 2 is 2.25 bits per heavy atom. The molecule has 1 unspecified atom stereocenters. The van der Waals surface area contributed by atoms with E-state index in [-0.39, 0.29) is 0 Å². The van der Waals surface area contributed by atoms with Gasteiger partial charge in [-0.05, 0) is 24.8 Å². The molecule has 1 atom stereocenters. The quantitative estimate of drug-likeness (QED) is 0.820. The SMILES string of the molecule is O=C(O)N1CCCC(Cc2ncccn2)C1. The van der Waals surface area contributed by atoms with E-state index in [9.17, 15) is 4.79 Å². The van der Waals surface area contributed by atoms with Crippen LogP contribution in [0.15, 0.2) is 18.5 Å². The van der Waals surface area contributed by atoms with Crippen molar-refractivity contribution in [3.8, 4) is 0 Å². The molecule has 1 aliphatic heterocycles. The largest absolute Gasteiger partial charge is 0.465 e. The summed E-state index contributed by atoms with van der Waals surface area (Å²) in [7, 11) is 0. The molecule has 0 spiro atoms. The lowest BCUT2D eigenvalue weighted by Crippen LogP contribution is -2.39. The molecule has 1 aromatic heterocycles. The number of carbonyl (C=O) groups is 1. The monoisotopic (exact) mass is 221 g/mol. The standard InChI is InChI=1S/C11H15N3O2/c15-11(16)14-6-1-3-9(8-14)7-10-12-4-2-5-13-10/h2,4-5,9H,1,3,6-8H2,(H,15,16). The van der Waals surface area contributed by atoms with Gasteiger partial charge in [0.25, 0.3) is 0 Å². The topological polar surface area (TPSA) is 66.3 Å². The van der Waals surface area contributed by atoms with Crippen molar-refractivity contribution < 1.29 is 9.90 Å². The second kappa shape index (κ2) is 4.92. The number of likely N-dealkylation sites (tertiary alicyclic amines) is 1. The minimum atomic E-state index is -0.821. The van der Waals surface area contributed by atoms with Crippen LogP contribution in [0.2, 0.25) is 0 Å². The third-order valence-electron chi connectivity index (χ3n) is 2.88. The van der Waals surface area contributed by atoms with E-state index in [0.29, 0.717) is 19.0 Å². The number of rotatable bonds is 2. The molecular weight excluding hydrogens is 206 g/mol. The average molecular weight is 221 g/mol. The fourth-order valence-electron chi connectivity index (χ4n) is 2.10. The van der Waals surface area contributed by atoms with Gasteiger partial charge in [-0.1, -0.05) is 0 Å². The van der Waals surface area contributed by atoms with Crippen molar-refractivity contribution in [2.75, 3.05) is 13.1 Å². The Kier molecular flexibility index (Phi) is 3.34. The Labute approximate surface area is 94.1 Å². The molecule has 0 radical (unpaired) electrons. The van der Waals surface area contributed by atoms with Crippen LogP contribution in [0.1, 0.15) is 18.7 Å². The van der Waals surface area contributed by atoms with Gasteiger partial charge in [-0.25, -0.2) is 14.8 Å². The van der Waals surface area contributed by atoms with Crippen LogP contribution in [0.5, 0.6) is 0 Å². The molecule has 16 heavy (non-hydrogen) atoms. The number of hydrogen-bond acceptors (Lipinski definition) is 3. The van der Waals surface area contributed by atoms with E-state index in [0.717, 1.165) is 25.1 Å². The number of piperidine rings is 1. The maximum absolute atomic E-state index is 10.8. The number of amides is 1. The highest BCUT2D eigenvalue weighted by atomic mass is 16.4.